The molecule has 11 nitrogen and oxygen atoms in total. The molecule has 0 unspecified atom stereocenters. The van der Waals surface area contributed by atoms with Crippen LogP contribution in [-0.2, 0) is 22.6 Å². The number of fused-ring (bicyclic) bond motifs is 1. The summed E-state index contributed by atoms with van der Waals surface area (Å²) in [6.07, 6.45) is 6.46. The summed E-state index contributed by atoms with van der Waals surface area (Å²) in [4.78, 5) is 38.2. The summed E-state index contributed by atoms with van der Waals surface area (Å²) in [5, 5.41) is 29.7. The van der Waals surface area contributed by atoms with Gasteiger partial charge in [-0.25, -0.2) is 9.97 Å². The van der Waals surface area contributed by atoms with Crippen molar-refractivity contribution in [2.75, 3.05) is 39.6 Å². The second kappa shape index (κ2) is 13.7. The third-order valence-corrected chi connectivity index (χ3v) is 7.60. The van der Waals surface area contributed by atoms with Gasteiger partial charge in [-0.05, 0) is 49.4 Å². The number of likely N-dealkylation sites (tertiary alicyclic amines) is 1. The molecule has 1 aromatic carbocycles. The fraction of sp³-hybridized carbons (Fsp3) is 0.571. The maximum absolute atomic E-state index is 13.5. The van der Waals surface area contributed by atoms with Gasteiger partial charge in [0.05, 0.1) is 19.1 Å². The molecular formula is C28H38N4O7. The van der Waals surface area contributed by atoms with Crippen LogP contribution in [0, 0.1) is 5.92 Å². The number of aryl methyl sites for hydroxylation is 1. The Balaban J connectivity index is 1.63. The van der Waals surface area contributed by atoms with Gasteiger partial charge in [0.25, 0.3) is 0 Å². The zero-order valence-electron chi connectivity index (χ0n) is 22.4. The number of carbonyl (C=O) groups is 2. The molecule has 39 heavy (non-hydrogen) atoms. The molecule has 0 radical (unpaired) electrons. The summed E-state index contributed by atoms with van der Waals surface area (Å²) >= 11 is 0. The van der Waals surface area contributed by atoms with Gasteiger partial charge in [0, 0.05) is 55.7 Å². The van der Waals surface area contributed by atoms with Crippen LogP contribution in [0.1, 0.15) is 55.3 Å². The number of aromatic nitrogens is 2. The highest BCUT2D eigenvalue weighted by molar-refractivity contribution is 5.79. The van der Waals surface area contributed by atoms with E-state index in [2.05, 4.69) is 16.9 Å². The van der Waals surface area contributed by atoms with E-state index in [1.165, 1.54) is 6.33 Å². The molecule has 1 amide bonds. The van der Waals surface area contributed by atoms with Crippen LogP contribution in [0.4, 0.5) is 0 Å². The lowest BCUT2D eigenvalue weighted by molar-refractivity contribution is -0.143. The van der Waals surface area contributed by atoms with Gasteiger partial charge < -0.3 is 29.7 Å². The van der Waals surface area contributed by atoms with Gasteiger partial charge in [-0.1, -0.05) is 13.3 Å². The lowest BCUT2D eigenvalue weighted by Gasteiger charge is -2.29. The average Bonchev–Trinajstić information content (AvgIpc) is 3.56. The predicted octanol–water partition coefficient (Wildman–Crippen LogP) is 1.81. The van der Waals surface area contributed by atoms with E-state index in [1.807, 2.05) is 11.0 Å². The third-order valence-electron chi connectivity index (χ3n) is 7.60. The standard InChI is InChI=1S/C28H38N4O7/c1-2-3-9-31(10-4-11-33)25(35)15-32-14-22(19-12-20(16-34)27-24(13-19)38-18-39-27)26(28(36)37)23(32)6-5-21-7-8-29-17-30-21/h7-8,12-13,17,22-23,26,33-34H,2-6,9-11,14-16,18H2,1H3,(H,36,37)/t22-,23+,26-/m1/s1. The first-order valence-corrected chi connectivity index (χ1v) is 13.6. The van der Waals surface area contributed by atoms with Crippen LogP contribution in [-0.4, -0.2) is 92.6 Å². The van der Waals surface area contributed by atoms with E-state index in [4.69, 9.17) is 9.47 Å². The fourth-order valence-electron chi connectivity index (χ4n) is 5.64. The molecule has 4 rings (SSSR count). The summed E-state index contributed by atoms with van der Waals surface area (Å²) in [5.41, 5.74) is 2.09. The van der Waals surface area contributed by atoms with Crippen LogP contribution >= 0.6 is 0 Å². The fourth-order valence-corrected chi connectivity index (χ4v) is 5.64. The van der Waals surface area contributed by atoms with Crippen LogP contribution in [0.5, 0.6) is 11.5 Å². The molecule has 2 aliphatic heterocycles. The number of benzene rings is 1. The minimum Gasteiger partial charge on any atom is -0.481 e. The quantitative estimate of drug-likeness (QED) is 0.323. The van der Waals surface area contributed by atoms with Crippen molar-refractivity contribution in [2.45, 2.75) is 57.6 Å². The van der Waals surface area contributed by atoms with Gasteiger partial charge in [-0.3, -0.25) is 14.5 Å². The lowest BCUT2D eigenvalue weighted by atomic mass is 9.83. The van der Waals surface area contributed by atoms with Crippen molar-refractivity contribution in [3.05, 3.63) is 47.5 Å². The summed E-state index contributed by atoms with van der Waals surface area (Å²) in [6, 6.07) is 4.98. The van der Waals surface area contributed by atoms with Gasteiger partial charge in [0.2, 0.25) is 12.7 Å². The van der Waals surface area contributed by atoms with Crippen molar-refractivity contribution in [2.24, 2.45) is 5.92 Å². The van der Waals surface area contributed by atoms with E-state index in [1.54, 1.807) is 23.2 Å². The van der Waals surface area contributed by atoms with E-state index in [0.29, 0.717) is 56.0 Å². The minimum atomic E-state index is -0.936. The number of aliphatic hydroxyl groups excluding tert-OH is 2. The van der Waals surface area contributed by atoms with Gasteiger partial charge in [-0.15, -0.1) is 0 Å². The molecule has 0 aliphatic carbocycles. The molecule has 3 N–H and O–H groups in total. The van der Waals surface area contributed by atoms with Crippen LogP contribution in [0.15, 0.2) is 30.7 Å². The number of hydrogen-bond donors (Lipinski definition) is 3. The van der Waals surface area contributed by atoms with Gasteiger partial charge in [0.1, 0.15) is 6.33 Å². The van der Waals surface area contributed by atoms with E-state index in [0.717, 1.165) is 24.1 Å². The molecule has 1 fully saturated rings. The number of rotatable bonds is 14. The van der Waals surface area contributed by atoms with Crippen LogP contribution in [0.25, 0.3) is 0 Å². The minimum absolute atomic E-state index is 0.00163. The first kappa shape index (κ1) is 28.7. The molecular weight excluding hydrogens is 504 g/mol. The predicted molar refractivity (Wildman–Crippen MR) is 141 cm³/mol. The largest absolute Gasteiger partial charge is 0.481 e. The molecule has 0 bridgehead atoms. The number of carboxylic acid groups (broad SMARTS) is 1. The Morgan fingerprint density at radius 2 is 2.00 bits per heavy atom. The highest BCUT2D eigenvalue weighted by Gasteiger charge is 2.47. The topological polar surface area (TPSA) is 146 Å². The Hall–Kier alpha value is -3.28. The number of carboxylic acids is 1. The first-order valence-electron chi connectivity index (χ1n) is 13.6. The van der Waals surface area contributed by atoms with E-state index in [-0.39, 0.29) is 32.5 Å². The monoisotopic (exact) mass is 542 g/mol. The van der Waals surface area contributed by atoms with Crippen molar-refractivity contribution >= 4 is 11.9 Å². The number of aliphatic carboxylic acids is 1. The van der Waals surface area contributed by atoms with Crippen LogP contribution < -0.4 is 9.47 Å². The molecule has 0 saturated carbocycles. The maximum atomic E-state index is 13.5. The van der Waals surface area contributed by atoms with Crippen LogP contribution in [0.3, 0.4) is 0 Å². The second-order valence-electron chi connectivity index (χ2n) is 10.1. The summed E-state index contributed by atoms with van der Waals surface area (Å²) in [7, 11) is 0. The molecule has 212 valence electrons. The lowest BCUT2D eigenvalue weighted by Crippen LogP contribution is -2.45. The van der Waals surface area contributed by atoms with Crippen molar-refractivity contribution in [3.8, 4) is 11.5 Å². The molecule has 3 atom stereocenters. The number of nitrogens with zero attached hydrogens (tertiary/aromatic N) is 4. The Bertz CT molecular complexity index is 1110. The summed E-state index contributed by atoms with van der Waals surface area (Å²) in [5.74, 6) is -1.25. The SMILES string of the molecule is CCCCN(CCCO)C(=O)CN1C[C@H](c2cc(CO)c3c(c2)OCO3)[C@@H](C(=O)O)[C@@H]1CCc1ccncn1. The van der Waals surface area contributed by atoms with Crippen LogP contribution in [0.2, 0.25) is 0 Å². The Labute approximate surface area is 228 Å². The Kier molecular flexibility index (Phi) is 10.1. The molecule has 2 aliphatic rings. The third kappa shape index (κ3) is 6.84. The molecule has 11 heteroatoms. The number of hydrogen-bond acceptors (Lipinski definition) is 9. The number of ether oxygens (including phenoxy) is 2. The highest BCUT2D eigenvalue weighted by Crippen LogP contribution is 2.44. The van der Waals surface area contributed by atoms with E-state index in [9.17, 15) is 24.9 Å². The van der Waals surface area contributed by atoms with Crippen molar-refractivity contribution < 1.29 is 34.4 Å². The zero-order valence-corrected chi connectivity index (χ0v) is 22.4. The number of aliphatic hydroxyl groups is 2. The Morgan fingerprint density at radius 1 is 1.18 bits per heavy atom. The zero-order chi connectivity index (χ0) is 27.8. The molecule has 0 spiro atoms. The molecule has 2 aromatic rings. The maximum Gasteiger partial charge on any atom is 0.308 e. The molecule has 1 saturated heterocycles. The number of unbranched alkanes of at least 4 members (excludes halogenated alkanes) is 1. The number of carbonyl (C=O) groups excluding carboxylic acids is 1. The molecule has 1 aromatic heterocycles. The van der Waals surface area contributed by atoms with E-state index >= 15 is 0 Å². The normalized spacial score (nSPS) is 20.3. The smallest absolute Gasteiger partial charge is 0.308 e. The molecule has 3 heterocycles. The van der Waals surface area contributed by atoms with Gasteiger partial charge in [0.15, 0.2) is 11.5 Å². The van der Waals surface area contributed by atoms with Crippen molar-refractivity contribution in [3.63, 3.8) is 0 Å². The average molecular weight is 543 g/mol. The summed E-state index contributed by atoms with van der Waals surface area (Å²) in [6.45, 7) is 3.35. The first-order chi connectivity index (χ1) is 19.0. The second-order valence-corrected chi connectivity index (χ2v) is 10.1. The van der Waals surface area contributed by atoms with Crippen molar-refractivity contribution in [1.82, 2.24) is 19.8 Å². The number of amides is 1. The van der Waals surface area contributed by atoms with Gasteiger partial charge >= 0.3 is 5.97 Å². The van der Waals surface area contributed by atoms with E-state index < -0.39 is 23.8 Å². The van der Waals surface area contributed by atoms with Gasteiger partial charge in [-0.2, -0.15) is 0 Å². The highest BCUT2D eigenvalue weighted by atomic mass is 16.7. The summed E-state index contributed by atoms with van der Waals surface area (Å²) < 4.78 is 11.1. The Morgan fingerprint density at radius 3 is 2.69 bits per heavy atom. The van der Waals surface area contributed by atoms with Crippen molar-refractivity contribution in [1.29, 1.82) is 0 Å².